The summed E-state index contributed by atoms with van der Waals surface area (Å²) in [5.74, 6) is -1.34. The van der Waals surface area contributed by atoms with Crippen molar-refractivity contribution in [3.05, 3.63) is 60.4 Å². The summed E-state index contributed by atoms with van der Waals surface area (Å²) < 4.78 is 59.5. The molecule has 0 amide bonds. The van der Waals surface area contributed by atoms with Crippen molar-refractivity contribution in [2.45, 2.75) is 31.1 Å². The first kappa shape index (κ1) is 20.7. The van der Waals surface area contributed by atoms with E-state index in [9.17, 15) is 22.3 Å². The van der Waals surface area contributed by atoms with Gasteiger partial charge >= 0.3 is 0 Å². The Hall–Kier alpha value is -3.07. The van der Waals surface area contributed by atoms with Gasteiger partial charge in [0, 0.05) is 5.56 Å². The highest BCUT2D eigenvalue weighted by molar-refractivity contribution is 7.90. The molecular weight excluding hydrogens is 402 g/mol. The van der Waals surface area contributed by atoms with Gasteiger partial charge in [-0.15, -0.1) is 0 Å². The van der Waals surface area contributed by atoms with Gasteiger partial charge in [0.25, 0.3) is 16.4 Å². The van der Waals surface area contributed by atoms with Crippen molar-refractivity contribution in [3.8, 4) is 22.4 Å². The van der Waals surface area contributed by atoms with Crippen molar-refractivity contribution in [1.82, 2.24) is 5.16 Å². The van der Waals surface area contributed by atoms with E-state index in [-0.39, 0.29) is 22.6 Å². The van der Waals surface area contributed by atoms with E-state index < -0.39 is 28.1 Å². The largest absolute Gasteiger partial charge is 0.861 e. The van der Waals surface area contributed by atoms with Crippen molar-refractivity contribution >= 4 is 15.9 Å². The Bertz CT molecular complexity index is 1110. The van der Waals surface area contributed by atoms with Crippen LogP contribution < -0.4 is 5.11 Å². The number of alkyl halides is 2. The Balaban J connectivity index is 2.05. The van der Waals surface area contributed by atoms with Gasteiger partial charge in [-0.1, -0.05) is 61.0 Å². The molecule has 6 nitrogen and oxygen atoms in total. The standard InChI is InChI=1S/C20H18F2N2O4S/c1-2-6-16(25)24-29(26,27)15-11-9-13(10-12-15)17-18(14-7-4-3-5-8-14)23-28-19(17)20(21)22/h3-5,7-12,20H,2,6H2,1H3,(H,24,25)/p-1. The van der Waals surface area contributed by atoms with Gasteiger partial charge in [-0.05, 0) is 30.0 Å². The van der Waals surface area contributed by atoms with Gasteiger partial charge in [-0.25, -0.2) is 8.78 Å². The Morgan fingerprint density at radius 1 is 1.10 bits per heavy atom. The summed E-state index contributed by atoms with van der Waals surface area (Å²) in [6, 6.07) is 13.8. The lowest BCUT2D eigenvalue weighted by Gasteiger charge is -2.09. The molecule has 0 unspecified atom stereocenters. The summed E-state index contributed by atoms with van der Waals surface area (Å²) in [6.07, 6.45) is -2.40. The number of nitrogens with zero attached hydrogens (tertiary/aromatic N) is 2. The molecule has 0 aliphatic rings. The fraction of sp³-hybridized carbons (Fsp3) is 0.200. The predicted molar refractivity (Wildman–Crippen MR) is 102 cm³/mol. The first-order valence-electron chi connectivity index (χ1n) is 8.78. The third kappa shape index (κ3) is 4.51. The normalized spacial score (nSPS) is 12.5. The highest BCUT2D eigenvalue weighted by atomic mass is 32.2. The van der Waals surface area contributed by atoms with Crippen LogP contribution >= 0.6 is 0 Å². The zero-order valence-corrected chi connectivity index (χ0v) is 16.2. The second-order valence-corrected chi connectivity index (χ2v) is 7.78. The Labute approximate surface area is 166 Å². The van der Waals surface area contributed by atoms with Gasteiger partial charge in [0.15, 0.2) is 0 Å². The fourth-order valence-electron chi connectivity index (χ4n) is 2.76. The van der Waals surface area contributed by atoms with Gasteiger partial charge < -0.3 is 9.63 Å². The number of halogens is 2. The number of sulfonamides is 1. The van der Waals surface area contributed by atoms with Gasteiger partial charge in [-0.2, -0.15) is 12.8 Å². The molecule has 29 heavy (non-hydrogen) atoms. The molecule has 0 saturated carbocycles. The second-order valence-electron chi connectivity index (χ2n) is 6.17. The van der Waals surface area contributed by atoms with Crippen molar-refractivity contribution in [2.24, 2.45) is 4.40 Å². The molecule has 2 aromatic carbocycles. The summed E-state index contributed by atoms with van der Waals surface area (Å²) in [5, 5.41) is 15.3. The zero-order valence-electron chi connectivity index (χ0n) is 15.4. The Morgan fingerprint density at radius 2 is 1.76 bits per heavy atom. The van der Waals surface area contributed by atoms with Crippen LogP contribution in [0.3, 0.4) is 0 Å². The first-order chi connectivity index (χ1) is 13.8. The van der Waals surface area contributed by atoms with E-state index in [0.29, 0.717) is 17.5 Å². The molecule has 0 atom stereocenters. The van der Waals surface area contributed by atoms with Crippen LogP contribution in [-0.2, 0) is 10.0 Å². The number of rotatable bonds is 7. The van der Waals surface area contributed by atoms with Crippen LogP contribution in [-0.4, -0.2) is 19.5 Å². The molecule has 0 aliphatic carbocycles. The SMILES string of the molecule is CCC/C([O-])=N/S(=O)(=O)c1ccc(-c2c(-c3ccccc3)noc2C(F)F)cc1. The van der Waals surface area contributed by atoms with Gasteiger partial charge in [-0.3, -0.25) is 0 Å². The highest BCUT2D eigenvalue weighted by Gasteiger charge is 2.26. The average Bonchev–Trinajstić information content (AvgIpc) is 3.14. The van der Waals surface area contributed by atoms with Gasteiger partial charge in [0.1, 0.15) is 5.69 Å². The lowest BCUT2D eigenvalue weighted by Crippen LogP contribution is -2.19. The quantitative estimate of drug-likeness (QED) is 0.423. The summed E-state index contributed by atoms with van der Waals surface area (Å²) in [4.78, 5) is -0.206. The molecule has 9 heteroatoms. The average molecular weight is 419 g/mol. The van der Waals surface area contributed by atoms with E-state index in [2.05, 4.69) is 9.55 Å². The predicted octanol–water partition coefficient (Wildman–Crippen LogP) is 4.19. The van der Waals surface area contributed by atoms with Gasteiger partial charge in [0.2, 0.25) is 5.76 Å². The van der Waals surface area contributed by atoms with E-state index in [4.69, 9.17) is 4.52 Å². The van der Waals surface area contributed by atoms with Crippen molar-refractivity contribution in [1.29, 1.82) is 0 Å². The van der Waals surface area contributed by atoms with E-state index in [1.54, 1.807) is 37.3 Å². The van der Waals surface area contributed by atoms with E-state index in [1.807, 2.05) is 0 Å². The van der Waals surface area contributed by atoms with Crippen LogP contribution in [0.15, 0.2) is 68.4 Å². The van der Waals surface area contributed by atoms with E-state index in [1.165, 1.54) is 24.3 Å². The molecule has 0 fully saturated rings. The maximum Gasteiger partial charge on any atom is 0.298 e. The molecule has 0 saturated heterocycles. The maximum atomic E-state index is 13.4. The summed E-state index contributed by atoms with van der Waals surface area (Å²) in [7, 11) is -4.17. The minimum absolute atomic E-state index is 0.0240. The molecule has 0 radical (unpaired) electrons. The number of aromatic nitrogens is 1. The molecule has 1 heterocycles. The third-order valence-corrected chi connectivity index (χ3v) is 5.40. The smallest absolute Gasteiger partial charge is 0.298 e. The lowest BCUT2D eigenvalue weighted by atomic mass is 9.99. The second kappa shape index (κ2) is 8.52. The van der Waals surface area contributed by atoms with E-state index in [0.717, 1.165) is 0 Å². The van der Waals surface area contributed by atoms with Crippen LogP contribution in [0.25, 0.3) is 22.4 Å². The number of hydrogen-bond donors (Lipinski definition) is 0. The summed E-state index contributed by atoms with van der Waals surface area (Å²) in [5.41, 5.74) is 1.18. The van der Waals surface area contributed by atoms with Crippen LogP contribution in [0, 0.1) is 0 Å². The molecule has 0 aliphatic heterocycles. The molecule has 0 spiro atoms. The minimum Gasteiger partial charge on any atom is -0.861 e. The monoisotopic (exact) mass is 419 g/mol. The topological polar surface area (TPSA) is 95.6 Å². The number of benzene rings is 2. The Kier molecular flexibility index (Phi) is 6.07. The molecule has 3 rings (SSSR count). The lowest BCUT2D eigenvalue weighted by molar-refractivity contribution is -0.218. The minimum atomic E-state index is -4.17. The van der Waals surface area contributed by atoms with Crippen molar-refractivity contribution < 1.29 is 26.8 Å². The highest BCUT2D eigenvalue weighted by Crippen LogP contribution is 2.39. The number of hydrogen-bond acceptors (Lipinski definition) is 5. The molecule has 152 valence electrons. The molecule has 3 aromatic rings. The summed E-state index contributed by atoms with van der Waals surface area (Å²) in [6.45, 7) is 1.73. The van der Waals surface area contributed by atoms with Gasteiger partial charge in [0.05, 0.1) is 10.5 Å². The van der Waals surface area contributed by atoms with Crippen LogP contribution in [0.2, 0.25) is 0 Å². The first-order valence-corrected chi connectivity index (χ1v) is 10.2. The zero-order chi connectivity index (χ0) is 21.0. The van der Waals surface area contributed by atoms with Crippen molar-refractivity contribution in [2.75, 3.05) is 0 Å². The maximum absolute atomic E-state index is 13.4. The fourth-order valence-corrected chi connectivity index (χ4v) is 3.71. The summed E-state index contributed by atoms with van der Waals surface area (Å²) >= 11 is 0. The molecular formula is C20H17F2N2O4S-. The van der Waals surface area contributed by atoms with Crippen molar-refractivity contribution in [3.63, 3.8) is 0 Å². The van der Waals surface area contributed by atoms with E-state index >= 15 is 0 Å². The Morgan fingerprint density at radius 3 is 2.34 bits per heavy atom. The van der Waals surface area contributed by atoms with Crippen LogP contribution in [0.5, 0.6) is 0 Å². The molecule has 0 N–H and O–H groups in total. The van der Waals surface area contributed by atoms with Crippen LogP contribution in [0.1, 0.15) is 32.0 Å². The third-order valence-electron chi connectivity index (χ3n) is 4.09. The van der Waals surface area contributed by atoms with Crippen LogP contribution in [0.4, 0.5) is 8.78 Å². The molecule has 0 bridgehead atoms. The molecule has 1 aromatic heterocycles.